The Labute approximate surface area is 105 Å². The molecule has 2 amide bonds. The molecule has 94 valence electrons. The lowest BCUT2D eigenvalue weighted by molar-refractivity contribution is 0.252. The highest BCUT2D eigenvalue weighted by atomic mass is 35.5. The van der Waals surface area contributed by atoms with Gasteiger partial charge in [-0.15, -0.1) is 11.6 Å². The van der Waals surface area contributed by atoms with E-state index in [1.165, 1.54) is 14.2 Å². The number of halogens is 1. The molecule has 2 N–H and O–H groups in total. The fourth-order valence-electron chi connectivity index (χ4n) is 1.29. The average molecular weight is 259 g/mol. The lowest BCUT2D eigenvalue weighted by Gasteiger charge is -2.14. The van der Waals surface area contributed by atoms with Crippen LogP contribution in [0.1, 0.15) is 0 Å². The van der Waals surface area contributed by atoms with Crippen molar-refractivity contribution in [1.29, 1.82) is 0 Å². The van der Waals surface area contributed by atoms with Crippen LogP contribution in [0.4, 0.5) is 10.5 Å². The molecule has 1 aromatic carbocycles. The van der Waals surface area contributed by atoms with Crippen LogP contribution in [0.3, 0.4) is 0 Å². The summed E-state index contributed by atoms with van der Waals surface area (Å²) in [5.41, 5.74) is 0.490. The normalized spacial score (nSPS) is 9.59. The second-order valence-corrected chi connectivity index (χ2v) is 3.49. The van der Waals surface area contributed by atoms with Crippen LogP contribution in [0.25, 0.3) is 0 Å². The third-order valence-electron chi connectivity index (χ3n) is 2.05. The second kappa shape index (κ2) is 6.85. The number of nitrogens with one attached hydrogen (secondary N) is 2. The van der Waals surface area contributed by atoms with Gasteiger partial charge in [-0.2, -0.15) is 0 Å². The van der Waals surface area contributed by atoms with Crippen LogP contribution in [-0.4, -0.2) is 32.7 Å². The topological polar surface area (TPSA) is 59.6 Å². The minimum absolute atomic E-state index is 0.353. The Kier molecular flexibility index (Phi) is 5.42. The zero-order valence-electron chi connectivity index (χ0n) is 9.75. The lowest BCUT2D eigenvalue weighted by atomic mass is 10.2. The zero-order valence-corrected chi connectivity index (χ0v) is 10.5. The number of methoxy groups -OCH3 is 2. The van der Waals surface area contributed by atoms with Crippen molar-refractivity contribution in [2.75, 3.05) is 32.0 Å². The third kappa shape index (κ3) is 3.71. The number of hydrogen-bond donors (Lipinski definition) is 2. The van der Waals surface area contributed by atoms with Gasteiger partial charge in [-0.1, -0.05) is 6.07 Å². The van der Waals surface area contributed by atoms with Gasteiger partial charge in [0.1, 0.15) is 17.2 Å². The van der Waals surface area contributed by atoms with Crippen molar-refractivity contribution in [2.45, 2.75) is 0 Å². The fourth-order valence-corrected chi connectivity index (χ4v) is 1.39. The number of ether oxygens (including phenoxy) is 2. The van der Waals surface area contributed by atoms with E-state index in [9.17, 15) is 4.79 Å². The highest BCUT2D eigenvalue weighted by Gasteiger charge is 2.12. The third-order valence-corrected chi connectivity index (χ3v) is 2.24. The summed E-state index contributed by atoms with van der Waals surface area (Å²) < 4.78 is 10.3. The van der Waals surface area contributed by atoms with Crippen molar-refractivity contribution >= 4 is 23.3 Å². The number of amides is 2. The molecule has 0 heterocycles. The minimum Gasteiger partial charge on any atom is -0.494 e. The molecule has 0 aliphatic heterocycles. The van der Waals surface area contributed by atoms with Gasteiger partial charge in [0.2, 0.25) is 0 Å². The summed E-state index contributed by atoms with van der Waals surface area (Å²) in [4.78, 5) is 11.5. The standard InChI is InChI=1S/C11H15ClN2O3/c1-16-8-4-3-5-9(17-2)10(8)14-11(15)13-7-6-12/h3-5H,6-7H2,1-2H3,(H2,13,14,15). The van der Waals surface area contributed by atoms with Gasteiger partial charge in [-0.05, 0) is 12.1 Å². The molecular formula is C11H15ClN2O3. The predicted octanol–water partition coefficient (Wildman–Crippen LogP) is 2.06. The van der Waals surface area contributed by atoms with E-state index >= 15 is 0 Å². The summed E-state index contributed by atoms with van der Waals surface area (Å²) in [6.07, 6.45) is 0. The number of carbonyl (C=O) groups excluding carboxylic acids is 1. The maximum absolute atomic E-state index is 11.5. The molecule has 17 heavy (non-hydrogen) atoms. The fraction of sp³-hybridized carbons (Fsp3) is 0.364. The number of urea groups is 1. The van der Waals surface area contributed by atoms with Gasteiger partial charge in [0, 0.05) is 12.4 Å². The summed E-state index contributed by atoms with van der Waals surface area (Å²) in [5, 5.41) is 5.25. The van der Waals surface area contributed by atoms with Gasteiger partial charge >= 0.3 is 6.03 Å². The van der Waals surface area contributed by atoms with Gasteiger partial charge in [-0.25, -0.2) is 4.79 Å². The molecule has 0 bridgehead atoms. The van der Waals surface area contributed by atoms with Crippen LogP contribution < -0.4 is 20.1 Å². The van der Waals surface area contributed by atoms with Gasteiger partial charge < -0.3 is 20.1 Å². The number of carbonyl (C=O) groups is 1. The molecule has 0 aliphatic carbocycles. The molecule has 1 aromatic rings. The second-order valence-electron chi connectivity index (χ2n) is 3.11. The summed E-state index contributed by atoms with van der Waals surface area (Å²) in [5.74, 6) is 1.42. The van der Waals surface area contributed by atoms with Crippen molar-refractivity contribution in [3.8, 4) is 11.5 Å². The van der Waals surface area contributed by atoms with Crippen molar-refractivity contribution in [1.82, 2.24) is 5.32 Å². The Balaban J connectivity index is 2.83. The van der Waals surface area contributed by atoms with E-state index in [1.807, 2.05) is 0 Å². The van der Waals surface area contributed by atoms with Crippen LogP contribution >= 0.6 is 11.6 Å². The lowest BCUT2D eigenvalue weighted by Crippen LogP contribution is -2.30. The molecular weight excluding hydrogens is 244 g/mol. The van der Waals surface area contributed by atoms with Crippen LogP contribution in [0, 0.1) is 0 Å². The van der Waals surface area contributed by atoms with Gasteiger partial charge in [0.15, 0.2) is 0 Å². The molecule has 0 saturated carbocycles. The van der Waals surface area contributed by atoms with E-state index in [0.29, 0.717) is 29.6 Å². The average Bonchev–Trinajstić information content (AvgIpc) is 2.36. The Morgan fingerprint density at radius 2 is 1.88 bits per heavy atom. The molecule has 0 spiro atoms. The molecule has 0 fully saturated rings. The molecule has 0 radical (unpaired) electrons. The molecule has 0 aliphatic rings. The molecule has 0 unspecified atom stereocenters. The monoisotopic (exact) mass is 258 g/mol. The largest absolute Gasteiger partial charge is 0.494 e. The maximum Gasteiger partial charge on any atom is 0.319 e. The number of para-hydroxylation sites is 1. The summed E-state index contributed by atoms with van der Waals surface area (Å²) in [6.45, 7) is 0.394. The summed E-state index contributed by atoms with van der Waals surface area (Å²) in [7, 11) is 3.05. The summed E-state index contributed by atoms with van der Waals surface area (Å²) >= 11 is 5.47. The molecule has 0 aromatic heterocycles. The predicted molar refractivity (Wildman–Crippen MR) is 67.3 cm³/mol. The van der Waals surface area contributed by atoms with Crippen molar-refractivity contribution in [3.05, 3.63) is 18.2 Å². The number of alkyl halides is 1. The van der Waals surface area contributed by atoms with Crippen LogP contribution in [0.5, 0.6) is 11.5 Å². The van der Waals surface area contributed by atoms with Crippen LogP contribution in [0.15, 0.2) is 18.2 Å². The Morgan fingerprint density at radius 1 is 1.29 bits per heavy atom. The molecule has 1 rings (SSSR count). The van der Waals surface area contributed by atoms with Crippen molar-refractivity contribution in [2.24, 2.45) is 0 Å². The number of anilines is 1. The van der Waals surface area contributed by atoms with E-state index in [0.717, 1.165) is 0 Å². The zero-order chi connectivity index (χ0) is 12.7. The van der Waals surface area contributed by atoms with Crippen LogP contribution in [0.2, 0.25) is 0 Å². The maximum atomic E-state index is 11.5. The quantitative estimate of drug-likeness (QED) is 0.795. The first kappa shape index (κ1) is 13.4. The first-order chi connectivity index (χ1) is 8.22. The number of benzene rings is 1. The van der Waals surface area contributed by atoms with E-state index in [4.69, 9.17) is 21.1 Å². The number of rotatable bonds is 5. The van der Waals surface area contributed by atoms with Gasteiger partial charge in [0.05, 0.1) is 14.2 Å². The highest BCUT2D eigenvalue weighted by Crippen LogP contribution is 2.33. The van der Waals surface area contributed by atoms with E-state index < -0.39 is 0 Å². The Hall–Kier alpha value is -1.62. The SMILES string of the molecule is COc1cccc(OC)c1NC(=O)NCCCl. The highest BCUT2D eigenvalue weighted by molar-refractivity contribution is 6.18. The molecule has 0 atom stereocenters. The summed E-state index contributed by atoms with van der Waals surface area (Å²) in [6, 6.07) is 4.90. The first-order valence-electron chi connectivity index (χ1n) is 5.04. The van der Waals surface area contributed by atoms with Crippen molar-refractivity contribution < 1.29 is 14.3 Å². The molecule has 0 saturated heterocycles. The first-order valence-corrected chi connectivity index (χ1v) is 5.58. The minimum atomic E-state index is -0.353. The van der Waals surface area contributed by atoms with Crippen LogP contribution in [-0.2, 0) is 0 Å². The number of hydrogen-bond acceptors (Lipinski definition) is 3. The van der Waals surface area contributed by atoms with Gasteiger partial charge in [-0.3, -0.25) is 0 Å². The molecule has 5 nitrogen and oxygen atoms in total. The van der Waals surface area contributed by atoms with Gasteiger partial charge in [0.25, 0.3) is 0 Å². The van der Waals surface area contributed by atoms with Crippen molar-refractivity contribution in [3.63, 3.8) is 0 Å². The molecule has 6 heteroatoms. The van der Waals surface area contributed by atoms with E-state index in [-0.39, 0.29) is 6.03 Å². The Morgan fingerprint density at radius 3 is 2.35 bits per heavy atom. The van der Waals surface area contributed by atoms with E-state index in [2.05, 4.69) is 10.6 Å². The Bertz CT molecular complexity index is 363. The smallest absolute Gasteiger partial charge is 0.319 e. The van der Waals surface area contributed by atoms with E-state index in [1.54, 1.807) is 18.2 Å².